The number of hydrogen-bond acceptors (Lipinski definition) is 1. The standard InChI is InChI=1S/C34H19F11O/c1-2-3-4-5-18-10-24(35)22(25(36)11-18)8-6-19-12-28(39)32(29(40)13-19)34(44,45)46-21-16-26(37)23(27(38)17-21)9-7-20-14-30(41)33(43)31(42)15-20/h10-17H,2-5H2,1H3. The third-order valence-corrected chi connectivity index (χ3v) is 6.41. The molecule has 0 radical (unpaired) electrons. The van der Waals surface area contributed by atoms with Crippen LogP contribution in [0.4, 0.5) is 48.3 Å². The highest BCUT2D eigenvalue weighted by atomic mass is 19.3. The van der Waals surface area contributed by atoms with Gasteiger partial charge >= 0.3 is 6.11 Å². The van der Waals surface area contributed by atoms with Crippen molar-refractivity contribution in [3.8, 4) is 29.4 Å². The molecule has 0 atom stereocenters. The van der Waals surface area contributed by atoms with Crippen LogP contribution >= 0.6 is 0 Å². The summed E-state index contributed by atoms with van der Waals surface area (Å²) in [5.74, 6) is -7.24. The Morgan fingerprint density at radius 2 is 0.978 bits per heavy atom. The Kier molecular flexibility index (Phi) is 10.3. The Labute approximate surface area is 255 Å². The lowest BCUT2D eigenvalue weighted by atomic mass is 10.0. The van der Waals surface area contributed by atoms with Crippen LogP contribution in [0.3, 0.4) is 0 Å². The van der Waals surface area contributed by atoms with Gasteiger partial charge in [0.05, 0.1) is 11.1 Å². The zero-order chi connectivity index (χ0) is 33.8. The van der Waals surface area contributed by atoms with Crippen LogP contribution in [0.15, 0.2) is 48.5 Å². The van der Waals surface area contributed by atoms with Crippen molar-refractivity contribution in [2.45, 2.75) is 38.7 Å². The molecule has 0 bridgehead atoms. The molecule has 0 heterocycles. The number of unbranched alkanes of at least 4 members (excludes halogenated alkanes) is 2. The molecule has 0 unspecified atom stereocenters. The summed E-state index contributed by atoms with van der Waals surface area (Å²) < 4.78 is 161. The molecule has 4 aromatic rings. The third-order valence-electron chi connectivity index (χ3n) is 6.41. The van der Waals surface area contributed by atoms with Crippen molar-refractivity contribution in [2.24, 2.45) is 0 Å². The third kappa shape index (κ3) is 7.81. The minimum atomic E-state index is -4.85. The Bertz CT molecular complexity index is 1840. The second-order valence-electron chi connectivity index (χ2n) is 9.84. The molecule has 0 aliphatic heterocycles. The molecule has 12 heteroatoms. The summed E-state index contributed by atoms with van der Waals surface area (Å²) in [7, 11) is 0. The molecule has 1 nitrogen and oxygen atoms in total. The number of alkyl halides is 2. The molecule has 46 heavy (non-hydrogen) atoms. The Morgan fingerprint density at radius 3 is 1.43 bits per heavy atom. The fourth-order valence-corrected chi connectivity index (χ4v) is 4.22. The number of halogens is 11. The van der Waals surface area contributed by atoms with E-state index in [2.05, 4.69) is 16.6 Å². The summed E-state index contributed by atoms with van der Waals surface area (Å²) in [4.78, 5) is 0. The van der Waals surface area contributed by atoms with E-state index in [9.17, 15) is 48.3 Å². The first-order valence-corrected chi connectivity index (χ1v) is 13.4. The maximum atomic E-state index is 14.8. The van der Waals surface area contributed by atoms with Crippen molar-refractivity contribution in [2.75, 3.05) is 0 Å². The van der Waals surface area contributed by atoms with E-state index in [1.165, 1.54) is 0 Å². The van der Waals surface area contributed by atoms with Crippen molar-refractivity contribution in [3.63, 3.8) is 0 Å². The van der Waals surface area contributed by atoms with Gasteiger partial charge in [0.15, 0.2) is 17.5 Å². The topological polar surface area (TPSA) is 9.23 Å². The van der Waals surface area contributed by atoms with Gasteiger partial charge in [-0.2, -0.15) is 8.78 Å². The molecule has 4 aromatic carbocycles. The normalized spacial score (nSPS) is 11.0. The monoisotopic (exact) mass is 652 g/mol. The number of aryl methyl sites for hydroxylation is 1. The number of rotatable bonds is 7. The Balaban J connectivity index is 1.56. The zero-order valence-corrected chi connectivity index (χ0v) is 23.5. The van der Waals surface area contributed by atoms with Crippen LogP contribution in [0, 0.1) is 76.0 Å². The molecule has 0 aliphatic rings. The lowest BCUT2D eigenvalue weighted by Crippen LogP contribution is -2.25. The SMILES string of the molecule is CCCCCc1cc(F)c(C#Cc2cc(F)c(C(F)(F)Oc3cc(F)c(C#Cc4cc(F)c(F)c(F)c4)c(F)c3)c(F)c2)c(F)c1. The Morgan fingerprint density at radius 1 is 0.543 bits per heavy atom. The molecular formula is C34H19F11O. The van der Waals surface area contributed by atoms with E-state index in [-0.39, 0.29) is 12.1 Å². The van der Waals surface area contributed by atoms with Gasteiger partial charge in [-0.05, 0) is 54.8 Å². The fraction of sp³-hybridized carbons (Fsp3) is 0.176. The smallest absolute Gasteiger partial charge is 0.429 e. The number of benzene rings is 4. The summed E-state index contributed by atoms with van der Waals surface area (Å²) in [6, 6.07) is 4.15. The van der Waals surface area contributed by atoms with Gasteiger partial charge in [0.2, 0.25) is 0 Å². The molecule has 0 saturated heterocycles. The van der Waals surface area contributed by atoms with Gasteiger partial charge in [-0.1, -0.05) is 43.4 Å². The first-order valence-electron chi connectivity index (χ1n) is 13.4. The van der Waals surface area contributed by atoms with Crippen LogP contribution in [0.2, 0.25) is 0 Å². The number of ether oxygens (including phenoxy) is 1. The molecule has 0 saturated carbocycles. The second-order valence-corrected chi connectivity index (χ2v) is 9.84. The van der Waals surface area contributed by atoms with Crippen molar-refractivity contribution in [1.29, 1.82) is 0 Å². The van der Waals surface area contributed by atoms with E-state index < -0.39 is 92.0 Å². The maximum Gasteiger partial charge on any atom is 0.432 e. The fourth-order valence-electron chi connectivity index (χ4n) is 4.22. The van der Waals surface area contributed by atoms with Crippen LogP contribution in [0.25, 0.3) is 0 Å². The molecule has 4 rings (SSSR count). The molecule has 0 aliphatic carbocycles. The van der Waals surface area contributed by atoms with Gasteiger partial charge in [0, 0.05) is 23.3 Å². The van der Waals surface area contributed by atoms with Crippen LogP contribution in [-0.4, -0.2) is 0 Å². The maximum absolute atomic E-state index is 14.8. The van der Waals surface area contributed by atoms with Crippen molar-refractivity contribution < 1.29 is 53.0 Å². The summed E-state index contributed by atoms with van der Waals surface area (Å²) in [5.41, 5.74) is -4.41. The zero-order valence-electron chi connectivity index (χ0n) is 23.5. The van der Waals surface area contributed by atoms with Gasteiger partial charge in [-0.25, -0.2) is 39.5 Å². The van der Waals surface area contributed by atoms with E-state index in [1.54, 1.807) is 0 Å². The van der Waals surface area contributed by atoms with Gasteiger partial charge < -0.3 is 4.74 Å². The van der Waals surface area contributed by atoms with Crippen molar-refractivity contribution >= 4 is 0 Å². The average Bonchev–Trinajstić information content (AvgIpc) is 2.94. The highest BCUT2D eigenvalue weighted by molar-refractivity contribution is 5.48. The molecule has 0 aromatic heterocycles. The average molecular weight is 653 g/mol. The van der Waals surface area contributed by atoms with Crippen LogP contribution in [0.1, 0.15) is 59.6 Å². The van der Waals surface area contributed by atoms with E-state index in [0.717, 1.165) is 25.0 Å². The van der Waals surface area contributed by atoms with Gasteiger partial charge in [-0.15, -0.1) is 0 Å². The lowest BCUT2D eigenvalue weighted by molar-refractivity contribution is -0.189. The number of hydrogen-bond donors (Lipinski definition) is 0. The summed E-state index contributed by atoms with van der Waals surface area (Å²) in [5, 5.41) is 0. The van der Waals surface area contributed by atoms with Crippen LogP contribution in [-0.2, 0) is 12.5 Å². The predicted molar refractivity (Wildman–Crippen MR) is 145 cm³/mol. The second kappa shape index (κ2) is 14.0. The molecule has 0 spiro atoms. The first kappa shape index (κ1) is 33.9. The van der Waals surface area contributed by atoms with Crippen LogP contribution in [0.5, 0.6) is 5.75 Å². The van der Waals surface area contributed by atoms with E-state index in [4.69, 9.17) is 0 Å². The van der Waals surface area contributed by atoms with Gasteiger partial charge in [0.1, 0.15) is 46.2 Å². The first-order chi connectivity index (χ1) is 21.7. The van der Waals surface area contributed by atoms with Gasteiger partial charge in [-0.3, -0.25) is 0 Å². The van der Waals surface area contributed by atoms with E-state index in [1.807, 2.05) is 18.8 Å². The highest BCUT2D eigenvalue weighted by Crippen LogP contribution is 2.36. The molecule has 238 valence electrons. The lowest BCUT2D eigenvalue weighted by Gasteiger charge is -2.20. The van der Waals surface area contributed by atoms with E-state index in [0.29, 0.717) is 42.7 Å². The van der Waals surface area contributed by atoms with Gasteiger partial charge in [0.25, 0.3) is 0 Å². The largest absolute Gasteiger partial charge is 0.432 e. The van der Waals surface area contributed by atoms with Crippen LogP contribution < -0.4 is 4.74 Å². The Hall–Kier alpha value is -4.97. The molecular weight excluding hydrogens is 633 g/mol. The van der Waals surface area contributed by atoms with E-state index >= 15 is 0 Å². The molecule has 0 fully saturated rings. The van der Waals surface area contributed by atoms with Crippen molar-refractivity contribution in [1.82, 2.24) is 0 Å². The minimum absolute atomic E-state index is 0.209. The summed E-state index contributed by atoms with van der Waals surface area (Å²) in [6.45, 7) is 1.96. The predicted octanol–water partition coefficient (Wildman–Crippen LogP) is 9.60. The highest BCUT2D eigenvalue weighted by Gasteiger charge is 2.41. The quantitative estimate of drug-likeness (QED) is 0.0837. The summed E-state index contributed by atoms with van der Waals surface area (Å²) >= 11 is 0. The summed E-state index contributed by atoms with van der Waals surface area (Å²) in [6.07, 6.45) is -1.97. The molecule has 0 N–H and O–H groups in total. The van der Waals surface area contributed by atoms with Crippen molar-refractivity contribution in [3.05, 3.63) is 134 Å². The minimum Gasteiger partial charge on any atom is -0.429 e. The molecule has 0 amide bonds.